The van der Waals surface area contributed by atoms with Crippen molar-refractivity contribution < 1.29 is 13.9 Å². The predicted octanol–water partition coefficient (Wildman–Crippen LogP) is 7.13. The third-order valence-electron chi connectivity index (χ3n) is 4.57. The van der Waals surface area contributed by atoms with Gasteiger partial charge < -0.3 is 14.8 Å². The number of ether oxygens (including phenoxy) is 2. The summed E-state index contributed by atoms with van der Waals surface area (Å²) in [7, 11) is 1.59. The second-order valence-corrected chi connectivity index (χ2v) is 7.89. The molecule has 0 unspecified atom stereocenters. The Morgan fingerprint density at radius 2 is 1.65 bits per heavy atom. The number of para-hydroxylation sites is 1. The van der Waals surface area contributed by atoms with Gasteiger partial charge in [-0.15, -0.1) is 12.4 Å². The zero-order valence-corrected chi connectivity index (χ0v) is 19.8. The smallest absolute Gasteiger partial charge is 0.166 e. The van der Waals surface area contributed by atoms with E-state index >= 15 is 0 Å². The molecule has 0 radical (unpaired) electrons. The molecule has 0 aliphatic carbocycles. The average Bonchev–Trinajstić information content (AvgIpc) is 2.72. The van der Waals surface area contributed by atoms with Crippen LogP contribution in [0.4, 0.5) is 4.39 Å². The summed E-state index contributed by atoms with van der Waals surface area (Å²) in [6.07, 6.45) is 0.765. The highest BCUT2D eigenvalue weighted by molar-refractivity contribution is 6.35. The molecule has 0 bridgehead atoms. The Bertz CT molecular complexity index is 1020. The van der Waals surface area contributed by atoms with Crippen LogP contribution in [0.15, 0.2) is 54.6 Å². The molecule has 3 rings (SSSR count). The number of benzene rings is 3. The molecule has 0 heterocycles. The van der Waals surface area contributed by atoms with Crippen LogP contribution in [0.5, 0.6) is 11.5 Å². The van der Waals surface area contributed by atoms with Crippen LogP contribution < -0.4 is 14.8 Å². The molecule has 3 aromatic rings. The zero-order valence-electron chi connectivity index (χ0n) is 16.8. The van der Waals surface area contributed by atoms with Gasteiger partial charge in [-0.25, -0.2) is 4.39 Å². The Morgan fingerprint density at radius 3 is 2.35 bits per heavy atom. The number of rotatable bonds is 9. The van der Waals surface area contributed by atoms with Gasteiger partial charge in [-0.05, 0) is 48.9 Å². The van der Waals surface area contributed by atoms with E-state index in [1.54, 1.807) is 19.2 Å². The molecule has 0 fully saturated rings. The van der Waals surface area contributed by atoms with Gasteiger partial charge in [0, 0.05) is 27.7 Å². The standard InChI is InChI=1S/C23H21Cl3FNO2.ClH/c1-29-22-4-2-3-16(13-28-10-9-15-5-7-18(24)11-20(15)25)23(22)30-14-17-6-8-19(27)12-21(17)26;/h2-8,11-12,28H,9-10,13-14H2,1H3;1H. The van der Waals surface area contributed by atoms with E-state index in [0.717, 1.165) is 24.1 Å². The Hall–Kier alpha value is -1.69. The Balaban J connectivity index is 0.00000341. The van der Waals surface area contributed by atoms with Crippen LogP contribution in [0.2, 0.25) is 15.1 Å². The maximum Gasteiger partial charge on any atom is 0.166 e. The summed E-state index contributed by atoms with van der Waals surface area (Å²) in [4.78, 5) is 0. The molecule has 0 aliphatic rings. The molecule has 3 nitrogen and oxygen atoms in total. The molecule has 0 spiro atoms. The molecule has 0 amide bonds. The van der Waals surface area contributed by atoms with Crippen molar-refractivity contribution >= 4 is 47.2 Å². The van der Waals surface area contributed by atoms with Gasteiger partial charge in [-0.1, -0.05) is 59.1 Å². The summed E-state index contributed by atoms with van der Waals surface area (Å²) in [5.74, 6) is 0.859. The Kier molecular flexibility index (Phi) is 10.2. The third-order valence-corrected chi connectivity index (χ3v) is 5.51. The molecule has 31 heavy (non-hydrogen) atoms. The van der Waals surface area contributed by atoms with E-state index in [4.69, 9.17) is 44.3 Å². The van der Waals surface area contributed by atoms with Crippen LogP contribution in [0, 0.1) is 5.82 Å². The summed E-state index contributed by atoms with van der Waals surface area (Å²) in [5, 5.41) is 5.00. The third kappa shape index (κ3) is 7.16. The fraction of sp³-hybridized carbons (Fsp3) is 0.217. The second-order valence-electron chi connectivity index (χ2n) is 6.64. The van der Waals surface area contributed by atoms with E-state index in [1.807, 2.05) is 30.3 Å². The maximum absolute atomic E-state index is 13.3. The first-order valence-corrected chi connectivity index (χ1v) is 10.5. The van der Waals surface area contributed by atoms with Crippen LogP contribution >= 0.6 is 47.2 Å². The van der Waals surface area contributed by atoms with E-state index in [0.29, 0.717) is 38.7 Å². The molecule has 0 aromatic heterocycles. The second kappa shape index (κ2) is 12.4. The largest absolute Gasteiger partial charge is 0.493 e. The van der Waals surface area contributed by atoms with Crippen molar-refractivity contribution in [3.05, 3.63) is 92.2 Å². The topological polar surface area (TPSA) is 30.5 Å². The fourth-order valence-electron chi connectivity index (χ4n) is 2.98. The van der Waals surface area contributed by atoms with Crippen molar-refractivity contribution in [2.75, 3.05) is 13.7 Å². The molecule has 1 N–H and O–H groups in total. The number of hydrogen-bond donors (Lipinski definition) is 1. The highest BCUT2D eigenvalue weighted by atomic mass is 35.5. The number of hydrogen-bond acceptors (Lipinski definition) is 3. The first-order chi connectivity index (χ1) is 14.5. The summed E-state index contributed by atoms with van der Waals surface area (Å²) in [6, 6.07) is 15.4. The lowest BCUT2D eigenvalue weighted by Crippen LogP contribution is -2.17. The van der Waals surface area contributed by atoms with Crippen LogP contribution in [-0.4, -0.2) is 13.7 Å². The monoisotopic (exact) mass is 503 g/mol. The van der Waals surface area contributed by atoms with E-state index in [9.17, 15) is 4.39 Å². The highest BCUT2D eigenvalue weighted by Gasteiger charge is 2.12. The quantitative estimate of drug-likeness (QED) is 0.314. The van der Waals surface area contributed by atoms with E-state index in [-0.39, 0.29) is 24.8 Å². The van der Waals surface area contributed by atoms with Crippen molar-refractivity contribution in [1.29, 1.82) is 0 Å². The molecule has 0 saturated heterocycles. The molecule has 0 atom stereocenters. The van der Waals surface area contributed by atoms with Gasteiger partial charge in [-0.3, -0.25) is 0 Å². The molecule has 0 saturated carbocycles. The van der Waals surface area contributed by atoms with Gasteiger partial charge in [0.1, 0.15) is 12.4 Å². The van der Waals surface area contributed by atoms with Crippen molar-refractivity contribution in [3.63, 3.8) is 0 Å². The predicted molar refractivity (Wildman–Crippen MR) is 128 cm³/mol. The molecule has 166 valence electrons. The number of methoxy groups -OCH3 is 1. The van der Waals surface area contributed by atoms with Gasteiger partial charge in [0.15, 0.2) is 11.5 Å². The van der Waals surface area contributed by atoms with Crippen molar-refractivity contribution in [2.45, 2.75) is 19.6 Å². The van der Waals surface area contributed by atoms with Gasteiger partial charge in [0.2, 0.25) is 0 Å². The summed E-state index contributed by atoms with van der Waals surface area (Å²) in [5.41, 5.74) is 2.66. The minimum Gasteiger partial charge on any atom is -0.493 e. The normalized spacial score (nSPS) is 10.5. The fourth-order valence-corrected chi connectivity index (χ4v) is 3.71. The lowest BCUT2D eigenvalue weighted by molar-refractivity contribution is 0.280. The zero-order chi connectivity index (χ0) is 21.5. The first-order valence-electron chi connectivity index (χ1n) is 9.35. The van der Waals surface area contributed by atoms with E-state index in [1.165, 1.54) is 12.1 Å². The molecular formula is C23H22Cl4FNO2. The van der Waals surface area contributed by atoms with Crippen molar-refractivity contribution in [3.8, 4) is 11.5 Å². The van der Waals surface area contributed by atoms with Gasteiger partial charge >= 0.3 is 0 Å². The minimum atomic E-state index is -0.383. The molecule has 0 aliphatic heterocycles. The SMILES string of the molecule is COc1cccc(CNCCc2ccc(Cl)cc2Cl)c1OCc1ccc(F)cc1Cl.Cl. The summed E-state index contributed by atoms with van der Waals surface area (Å²) < 4.78 is 24.7. The minimum absolute atomic E-state index is 0. The van der Waals surface area contributed by atoms with Crippen LogP contribution in [0.1, 0.15) is 16.7 Å². The molecule has 3 aromatic carbocycles. The maximum atomic E-state index is 13.3. The first kappa shape index (κ1) is 25.6. The lowest BCUT2D eigenvalue weighted by Gasteiger charge is -2.16. The van der Waals surface area contributed by atoms with Crippen LogP contribution in [0.3, 0.4) is 0 Å². The Morgan fingerprint density at radius 1 is 0.903 bits per heavy atom. The van der Waals surface area contributed by atoms with Crippen molar-refractivity contribution in [1.82, 2.24) is 5.32 Å². The molecular weight excluding hydrogens is 483 g/mol. The summed E-state index contributed by atoms with van der Waals surface area (Å²) in [6.45, 7) is 1.50. The summed E-state index contributed by atoms with van der Waals surface area (Å²) >= 11 is 18.3. The van der Waals surface area contributed by atoms with Crippen LogP contribution in [-0.2, 0) is 19.6 Å². The average molecular weight is 505 g/mol. The Labute approximate surface area is 202 Å². The van der Waals surface area contributed by atoms with Gasteiger partial charge in [0.05, 0.1) is 12.1 Å². The highest BCUT2D eigenvalue weighted by Crippen LogP contribution is 2.32. The van der Waals surface area contributed by atoms with Gasteiger partial charge in [0.25, 0.3) is 0 Å². The number of nitrogens with one attached hydrogen (secondary N) is 1. The molecule has 8 heteroatoms. The number of halogens is 5. The lowest BCUT2D eigenvalue weighted by atomic mass is 10.1. The van der Waals surface area contributed by atoms with Crippen molar-refractivity contribution in [2.24, 2.45) is 0 Å². The van der Waals surface area contributed by atoms with E-state index in [2.05, 4.69) is 5.32 Å². The van der Waals surface area contributed by atoms with E-state index < -0.39 is 0 Å². The van der Waals surface area contributed by atoms with Crippen LogP contribution in [0.25, 0.3) is 0 Å². The van der Waals surface area contributed by atoms with Gasteiger partial charge in [-0.2, -0.15) is 0 Å².